The summed E-state index contributed by atoms with van der Waals surface area (Å²) in [5.74, 6) is -0.508. The second-order valence-corrected chi connectivity index (χ2v) is 7.46. The number of benzene rings is 2. The van der Waals surface area contributed by atoms with Crippen LogP contribution >= 0.6 is 0 Å². The molecule has 0 spiro atoms. The van der Waals surface area contributed by atoms with E-state index in [2.05, 4.69) is 39.8 Å². The van der Waals surface area contributed by atoms with Crippen LogP contribution in [0.2, 0.25) is 0 Å². The molecule has 3 rings (SSSR count). The van der Waals surface area contributed by atoms with Crippen molar-refractivity contribution < 1.29 is 9.59 Å². The fourth-order valence-corrected chi connectivity index (χ4v) is 3.44. The second kappa shape index (κ2) is 10.4. The van der Waals surface area contributed by atoms with Gasteiger partial charge in [-0.3, -0.25) is 14.5 Å². The van der Waals surface area contributed by atoms with Gasteiger partial charge in [-0.25, -0.2) is 0 Å². The Morgan fingerprint density at radius 1 is 1.10 bits per heavy atom. The molecule has 6 heteroatoms. The number of hydrogen-bond acceptors (Lipinski definition) is 5. The van der Waals surface area contributed by atoms with Crippen molar-refractivity contribution in [3.8, 4) is 6.07 Å². The van der Waals surface area contributed by atoms with Gasteiger partial charge in [-0.1, -0.05) is 30.3 Å². The number of hydrogen-bond donors (Lipinski definition) is 2. The highest BCUT2D eigenvalue weighted by atomic mass is 16.1. The molecule has 2 N–H and O–H groups in total. The van der Waals surface area contributed by atoms with Gasteiger partial charge in [0.15, 0.2) is 5.78 Å². The number of carbonyl (C=O) groups excluding carboxylic acids is 2. The van der Waals surface area contributed by atoms with Crippen LogP contribution in [0.15, 0.2) is 66.4 Å². The molecule has 154 valence electrons. The van der Waals surface area contributed by atoms with Gasteiger partial charge in [0.1, 0.15) is 11.6 Å². The first-order valence-corrected chi connectivity index (χ1v) is 10.1. The maximum atomic E-state index is 12.4. The predicted molar refractivity (Wildman–Crippen MR) is 117 cm³/mol. The van der Waals surface area contributed by atoms with Gasteiger partial charge in [-0.15, -0.1) is 0 Å². The molecule has 0 aromatic heterocycles. The number of rotatable bonds is 7. The number of ketones is 1. The molecule has 1 amide bonds. The minimum atomic E-state index is -0.470. The topological polar surface area (TPSA) is 85.2 Å². The Hall–Kier alpha value is -3.43. The molecule has 6 nitrogen and oxygen atoms in total. The molecule has 1 saturated heterocycles. The number of piperidine rings is 1. The lowest BCUT2D eigenvalue weighted by Gasteiger charge is -2.32. The fraction of sp³-hybridized carbons (Fsp3) is 0.292. The van der Waals surface area contributed by atoms with Crippen LogP contribution in [0.25, 0.3) is 0 Å². The Bertz CT molecular complexity index is 937. The van der Waals surface area contributed by atoms with Crippen molar-refractivity contribution in [1.82, 2.24) is 10.2 Å². The highest BCUT2D eigenvalue weighted by molar-refractivity contribution is 6.06. The first-order chi connectivity index (χ1) is 14.5. The summed E-state index contributed by atoms with van der Waals surface area (Å²) in [5, 5.41) is 15.3. The van der Waals surface area contributed by atoms with E-state index >= 15 is 0 Å². The van der Waals surface area contributed by atoms with Crippen molar-refractivity contribution in [3.63, 3.8) is 0 Å². The molecule has 1 fully saturated rings. The van der Waals surface area contributed by atoms with E-state index in [1.165, 1.54) is 18.7 Å². The third kappa shape index (κ3) is 6.03. The summed E-state index contributed by atoms with van der Waals surface area (Å²) in [6.45, 7) is 4.37. The van der Waals surface area contributed by atoms with Crippen molar-refractivity contribution in [1.29, 1.82) is 5.26 Å². The lowest BCUT2D eigenvalue weighted by atomic mass is 10.0. The number of amides is 1. The second-order valence-electron chi connectivity index (χ2n) is 7.46. The van der Waals surface area contributed by atoms with Gasteiger partial charge < -0.3 is 10.6 Å². The van der Waals surface area contributed by atoms with E-state index in [1.54, 1.807) is 24.3 Å². The highest BCUT2D eigenvalue weighted by Crippen LogP contribution is 2.15. The van der Waals surface area contributed by atoms with Gasteiger partial charge >= 0.3 is 0 Å². The molecule has 0 bridgehead atoms. The zero-order chi connectivity index (χ0) is 21.3. The van der Waals surface area contributed by atoms with Crippen molar-refractivity contribution in [3.05, 3.63) is 77.5 Å². The Morgan fingerprint density at radius 2 is 1.77 bits per heavy atom. The SMILES string of the molecule is CC(=O)c1ccc(NC(=O)/C(C#N)=C\NC2CCN(Cc3ccccc3)CC2)cc1. The average Bonchev–Trinajstić information content (AvgIpc) is 2.76. The van der Waals surface area contributed by atoms with E-state index < -0.39 is 5.91 Å². The first kappa shape index (κ1) is 21.3. The third-order valence-corrected chi connectivity index (χ3v) is 5.21. The summed E-state index contributed by atoms with van der Waals surface area (Å²) in [5.41, 5.74) is 2.45. The van der Waals surface area contributed by atoms with E-state index in [1.807, 2.05) is 12.1 Å². The number of likely N-dealkylation sites (tertiary alicyclic amines) is 1. The van der Waals surface area contributed by atoms with Crippen LogP contribution in [0.3, 0.4) is 0 Å². The molecular formula is C24H26N4O2. The van der Waals surface area contributed by atoms with E-state index in [0.717, 1.165) is 32.5 Å². The van der Waals surface area contributed by atoms with Crippen LogP contribution < -0.4 is 10.6 Å². The molecule has 30 heavy (non-hydrogen) atoms. The number of nitrogens with one attached hydrogen (secondary N) is 2. The van der Waals surface area contributed by atoms with Gasteiger partial charge in [-0.05, 0) is 49.6 Å². The normalized spacial score (nSPS) is 15.3. The van der Waals surface area contributed by atoms with E-state index in [9.17, 15) is 14.9 Å². The Balaban J connectivity index is 1.48. The predicted octanol–water partition coefficient (Wildman–Crippen LogP) is 3.49. The van der Waals surface area contributed by atoms with E-state index in [0.29, 0.717) is 11.3 Å². The monoisotopic (exact) mass is 402 g/mol. The van der Waals surface area contributed by atoms with Crippen LogP contribution in [-0.2, 0) is 11.3 Å². The van der Waals surface area contributed by atoms with Crippen LogP contribution in [0.4, 0.5) is 5.69 Å². The van der Waals surface area contributed by atoms with Crippen LogP contribution in [0.5, 0.6) is 0 Å². The van der Waals surface area contributed by atoms with Gasteiger partial charge in [0.25, 0.3) is 5.91 Å². The number of nitriles is 1. The number of anilines is 1. The Kier molecular flexibility index (Phi) is 7.36. The molecule has 0 radical (unpaired) electrons. The maximum Gasteiger partial charge on any atom is 0.267 e. The van der Waals surface area contributed by atoms with Crippen molar-refractivity contribution in [2.75, 3.05) is 18.4 Å². The van der Waals surface area contributed by atoms with Crippen molar-refractivity contribution >= 4 is 17.4 Å². The third-order valence-electron chi connectivity index (χ3n) is 5.21. The maximum absolute atomic E-state index is 12.4. The molecule has 2 aromatic carbocycles. The smallest absolute Gasteiger partial charge is 0.267 e. The van der Waals surface area contributed by atoms with Gasteiger partial charge in [0, 0.05) is 43.1 Å². The van der Waals surface area contributed by atoms with Crippen molar-refractivity contribution in [2.45, 2.75) is 32.4 Å². The zero-order valence-electron chi connectivity index (χ0n) is 17.1. The molecule has 0 unspecified atom stereocenters. The summed E-state index contributed by atoms with van der Waals surface area (Å²) in [7, 11) is 0. The molecule has 1 aliphatic heterocycles. The molecule has 0 aliphatic carbocycles. The summed E-state index contributed by atoms with van der Waals surface area (Å²) in [6, 6.07) is 19.2. The largest absolute Gasteiger partial charge is 0.387 e. The fourth-order valence-electron chi connectivity index (χ4n) is 3.44. The van der Waals surface area contributed by atoms with Crippen molar-refractivity contribution in [2.24, 2.45) is 0 Å². The average molecular weight is 402 g/mol. The molecule has 0 saturated carbocycles. The molecule has 2 aromatic rings. The quantitative estimate of drug-likeness (QED) is 0.421. The highest BCUT2D eigenvalue weighted by Gasteiger charge is 2.19. The molecule has 1 aliphatic rings. The minimum Gasteiger partial charge on any atom is -0.387 e. The van der Waals surface area contributed by atoms with Gasteiger partial charge in [0.2, 0.25) is 0 Å². The molecule has 0 atom stereocenters. The minimum absolute atomic E-state index is 0.0253. The first-order valence-electron chi connectivity index (χ1n) is 10.1. The summed E-state index contributed by atoms with van der Waals surface area (Å²) < 4.78 is 0. The summed E-state index contributed by atoms with van der Waals surface area (Å²) in [4.78, 5) is 26.1. The standard InChI is InChI=1S/C24H26N4O2/c1-18(29)20-7-9-23(10-8-20)27-24(30)21(15-25)16-26-22-11-13-28(14-12-22)17-19-5-3-2-4-6-19/h2-10,16,22,26H,11-14,17H2,1H3,(H,27,30)/b21-16-. The number of carbonyl (C=O) groups is 2. The van der Waals surface area contributed by atoms with E-state index in [4.69, 9.17) is 0 Å². The lowest BCUT2D eigenvalue weighted by molar-refractivity contribution is -0.112. The van der Waals surface area contributed by atoms with Crippen LogP contribution in [0.1, 0.15) is 35.7 Å². The zero-order valence-corrected chi connectivity index (χ0v) is 17.1. The summed E-state index contributed by atoms with van der Waals surface area (Å²) in [6.07, 6.45) is 3.42. The van der Waals surface area contributed by atoms with Gasteiger partial charge in [0.05, 0.1) is 0 Å². The summed E-state index contributed by atoms with van der Waals surface area (Å²) >= 11 is 0. The number of nitrogens with zero attached hydrogens (tertiary/aromatic N) is 2. The Morgan fingerprint density at radius 3 is 2.37 bits per heavy atom. The van der Waals surface area contributed by atoms with Gasteiger partial charge in [-0.2, -0.15) is 5.26 Å². The Labute approximate surface area is 177 Å². The van der Waals surface area contributed by atoms with E-state index in [-0.39, 0.29) is 17.4 Å². The van der Waals surface area contributed by atoms with Crippen LogP contribution in [-0.4, -0.2) is 35.7 Å². The lowest BCUT2D eigenvalue weighted by Crippen LogP contribution is -2.40. The molecular weight excluding hydrogens is 376 g/mol. The number of Topliss-reactive ketones (excluding diaryl/α,β-unsaturated/α-hetero) is 1. The van der Waals surface area contributed by atoms with Crippen LogP contribution in [0, 0.1) is 11.3 Å². The molecule has 1 heterocycles.